The van der Waals surface area contributed by atoms with Crippen LogP contribution in [0, 0.1) is 0 Å². The van der Waals surface area contributed by atoms with Gasteiger partial charge in [0.2, 0.25) is 0 Å². The topological polar surface area (TPSA) is 3.24 Å². The lowest BCUT2D eigenvalue weighted by Crippen LogP contribution is -2.62. The van der Waals surface area contributed by atoms with E-state index < -0.39 is 24.4 Å². The molecule has 0 aliphatic rings. The highest BCUT2D eigenvalue weighted by atomic mass is 28.5. The van der Waals surface area contributed by atoms with Crippen molar-refractivity contribution in [1.82, 2.24) is 4.57 Å². The molecule has 4 heteroatoms. The summed E-state index contributed by atoms with van der Waals surface area (Å²) in [5.74, 6) is 0. The third-order valence-corrected chi connectivity index (χ3v) is 25.4. The van der Waals surface area contributed by atoms with E-state index in [9.17, 15) is 0 Å². The molecule has 0 radical (unpaired) electrons. The maximum Gasteiger partial charge on any atom is 0.119 e. The zero-order chi connectivity index (χ0) is 12.7. The standard InChI is InChI=1S/C11H31NSi3/c1-12(2)15(9,10)11(13(3,4)5)14(6,7)8/h11H,1-10H3. The van der Waals surface area contributed by atoms with Crippen LogP contribution in [-0.4, -0.2) is 43.0 Å². The Morgan fingerprint density at radius 2 is 0.933 bits per heavy atom. The normalized spacial score (nSPS) is 15.2. The minimum Gasteiger partial charge on any atom is -0.329 e. The Morgan fingerprint density at radius 3 is 1.00 bits per heavy atom. The summed E-state index contributed by atoms with van der Waals surface area (Å²) in [7, 11) is 1.28. The summed E-state index contributed by atoms with van der Waals surface area (Å²) in [4.78, 5) is 1.06. The maximum absolute atomic E-state index is 2.56. The lowest BCUT2D eigenvalue weighted by atomic mass is 11.3. The summed E-state index contributed by atoms with van der Waals surface area (Å²) in [5, 5.41) is 0. The highest BCUT2D eigenvalue weighted by molar-refractivity contribution is 7.11. The van der Waals surface area contributed by atoms with Crippen molar-refractivity contribution in [3.8, 4) is 0 Å². The predicted molar refractivity (Wildman–Crippen MR) is 81.6 cm³/mol. The minimum atomic E-state index is -1.22. The van der Waals surface area contributed by atoms with E-state index in [1.165, 1.54) is 0 Å². The average molecular weight is 262 g/mol. The first-order valence-corrected chi connectivity index (χ1v) is 16.2. The van der Waals surface area contributed by atoms with E-state index in [1.807, 2.05) is 0 Å². The van der Waals surface area contributed by atoms with Crippen molar-refractivity contribution >= 4 is 24.4 Å². The van der Waals surface area contributed by atoms with Gasteiger partial charge in [-0.25, -0.2) is 0 Å². The summed E-state index contributed by atoms with van der Waals surface area (Å²) in [6, 6.07) is 0. The second-order valence-corrected chi connectivity index (χ2v) is 24.8. The SMILES string of the molecule is CN(C)[Si](C)(C)C([Si](C)(C)C)[Si](C)(C)C. The Bertz CT molecular complexity index is 197. The van der Waals surface area contributed by atoms with E-state index >= 15 is 0 Å². The molecule has 0 aromatic carbocycles. The fraction of sp³-hybridized carbons (Fsp3) is 1.00. The number of nitrogens with zero attached hydrogens (tertiary/aromatic N) is 1. The van der Waals surface area contributed by atoms with E-state index in [0.717, 1.165) is 4.79 Å². The van der Waals surface area contributed by atoms with E-state index in [4.69, 9.17) is 0 Å². The molecule has 15 heavy (non-hydrogen) atoms. The van der Waals surface area contributed by atoms with Gasteiger partial charge in [0.25, 0.3) is 0 Å². The van der Waals surface area contributed by atoms with Crippen LogP contribution in [0.1, 0.15) is 0 Å². The van der Waals surface area contributed by atoms with Crippen LogP contribution >= 0.6 is 0 Å². The minimum absolute atomic E-state index is 1.04. The van der Waals surface area contributed by atoms with Gasteiger partial charge in [-0.2, -0.15) is 0 Å². The predicted octanol–water partition coefficient (Wildman–Crippen LogP) is 3.88. The van der Waals surface area contributed by atoms with Gasteiger partial charge < -0.3 is 4.57 Å². The fourth-order valence-corrected chi connectivity index (χ4v) is 33.1. The molecule has 0 aliphatic heterocycles. The van der Waals surface area contributed by atoms with Gasteiger partial charge >= 0.3 is 0 Å². The van der Waals surface area contributed by atoms with Crippen molar-refractivity contribution in [2.75, 3.05) is 14.1 Å². The molecule has 0 aliphatic carbocycles. The second kappa shape index (κ2) is 4.47. The molecule has 0 rings (SSSR count). The summed E-state index contributed by atoms with van der Waals surface area (Å²) in [5.41, 5.74) is 0. The molecule has 0 atom stereocenters. The van der Waals surface area contributed by atoms with Gasteiger partial charge in [-0.15, -0.1) is 0 Å². The Morgan fingerprint density at radius 1 is 0.667 bits per heavy atom. The fourth-order valence-electron chi connectivity index (χ4n) is 3.68. The van der Waals surface area contributed by atoms with Crippen LogP contribution in [0.2, 0.25) is 57.2 Å². The van der Waals surface area contributed by atoms with Crippen molar-refractivity contribution in [3.05, 3.63) is 0 Å². The van der Waals surface area contributed by atoms with Crippen molar-refractivity contribution in [2.45, 2.75) is 57.2 Å². The van der Waals surface area contributed by atoms with Crippen molar-refractivity contribution in [1.29, 1.82) is 0 Å². The zero-order valence-corrected chi connectivity index (χ0v) is 15.5. The molecule has 0 amide bonds. The Kier molecular flexibility index (Phi) is 4.65. The van der Waals surface area contributed by atoms with E-state index in [1.54, 1.807) is 0 Å². The third kappa shape index (κ3) is 3.84. The van der Waals surface area contributed by atoms with Crippen LogP contribution in [0.15, 0.2) is 0 Å². The molecule has 0 saturated heterocycles. The molecule has 0 aromatic heterocycles. The van der Waals surface area contributed by atoms with Crippen molar-refractivity contribution in [3.63, 3.8) is 0 Å². The molecule has 0 heterocycles. The maximum atomic E-state index is 2.56. The summed E-state index contributed by atoms with van der Waals surface area (Å²) >= 11 is 0. The van der Waals surface area contributed by atoms with E-state index in [-0.39, 0.29) is 0 Å². The van der Waals surface area contributed by atoms with Gasteiger partial charge in [-0.3, -0.25) is 0 Å². The molecular weight excluding hydrogens is 230 g/mol. The Hall–Kier alpha value is 0.611. The smallest absolute Gasteiger partial charge is 0.119 e. The zero-order valence-electron chi connectivity index (χ0n) is 12.5. The molecule has 0 bridgehead atoms. The highest BCUT2D eigenvalue weighted by Crippen LogP contribution is 2.40. The van der Waals surface area contributed by atoms with Crippen molar-refractivity contribution in [2.24, 2.45) is 0 Å². The van der Waals surface area contributed by atoms with Gasteiger partial charge in [0.15, 0.2) is 0 Å². The molecule has 0 spiro atoms. The van der Waals surface area contributed by atoms with Crippen LogP contribution in [0.3, 0.4) is 0 Å². The van der Waals surface area contributed by atoms with Gasteiger partial charge in [0.1, 0.15) is 8.24 Å². The number of hydrogen-bond donors (Lipinski definition) is 0. The van der Waals surface area contributed by atoms with Crippen LogP contribution in [0.25, 0.3) is 0 Å². The first-order valence-electron chi connectivity index (χ1n) is 5.98. The second-order valence-electron chi connectivity index (χ2n) is 7.71. The number of rotatable bonds is 4. The van der Waals surface area contributed by atoms with Gasteiger partial charge in [0.05, 0.1) is 0 Å². The lowest BCUT2D eigenvalue weighted by molar-refractivity contribution is 0.619. The van der Waals surface area contributed by atoms with Crippen LogP contribution in [-0.2, 0) is 0 Å². The summed E-state index contributed by atoms with van der Waals surface area (Å²) in [6.07, 6.45) is 0. The monoisotopic (exact) mass is 261 g/mol. The first-order chi connectivity index (χ1) is 6.31. The van der Waals surface area contributed by atoms with Gasteiger partial charge in [0, 0.05) is 16.1 Å². The van der Waals surface area contributed by atoms with Gasteiger partial charge in [-0.05, 0) is 18.9 Å². The molecular formula is C11H31NSi3. The van der Waals surface area contributed by atoms with Crippen LogP contribution in [0.4, 0.5) is 0 Å². The summed E-state index contributed by atoms with van der Waals surface area (Å²) in [6.45, 7) is 20.5. The van der Waals surface area contributed by atoms with Gasteiger partial charge in [-0.1, -0.05) is 52.4 Å². The molecule has 0 aromatic rings. The van der Waals surface area contributed by atoms with Crippen molar-refractivity contribution < 1.29 is 0 Å². The first kappa shape index (κ1) is 15.6. The third-order valence-electron chi connectivity index (χ3n) is 3.59. The molecule has 0 unspecified atom stereocenters. The van der Waals surface area contributed by atoms with E-state index in [0.29, 0.717) is 0 Å². The van der Waals surface area contributed by atoms with Crippen LogP contribution in [0.5, 0.6) is 0 Å². The molecule has 0 saturated carbocycles. The molecule has 0 fully saturated rings. The number of hydrogen-bond acceptors (Lipinski definition) is 1. The molecule has 1 nitrogen and oxygen atoms in total. The average Bonchev–Trinajstić information content (AvgIpc) is 1.76. The molecule has 92 valence electrons. The Balaban J connectivity index is 5.33. The van der Waals surface area contributed by atoms with E-state index in [2.05, 4.69) is 71.0 Å². The van der Waals surface area contributed by atoms with Crippen LogP contribution < -0.4 is 0 Å². The molecule has 0 N–H and O–H groups in total. The largest absolute Gasteiger partial charge is 0.329 e. The Labute approximate surface area is 100 Å². The lowest BCUT2D eigenvalue weighted by Gasteiger charge is -2.50. The summed E-state index contributed by atoms with van der Waals surface area (Å²) < 4.78 is 2.56. The quantitative estimate of drug-likeness (QED) is 0.694. The highest BCUT2D eigenvalue weighted by Gasteiger charge is 2.49.